The molecule has 3 nitrogen and oxygen atoms in total. The van der Waals surface area contributed by atoms with E-state index in [-0.39, 0.29) is 11.9 Å². The summed E-state index contributed by atoms with van der Waals surface area (Å²) in [6.45, 7) is 5.73. The molecule has 1 aromatic carbocycles. The molecule has 2 atom stereocenters. The van der Waals surface area contributed by atoms with E-state index in [1.807, 2.05) is 12.1 Å². The van der Waals surface area contributed by atoms with Crippen LogP contribution in [0.25, 0.3) is 11.0 Å². The van der Waals surface area contributed by atoms with Crippen LogP contribution in [-0.2, 0) is 4.74 Å². The molecule has 2 unspecified atom stereocenters. The van der Waals surface area contributed by atoms with Crippen molar-refractivity contribution in [3.8, 4) is 0 Å². The number of benzene rings is 1. The topological polar surface area (TPSA) is 34.4 Å². The highest BCUT2D eigenvalue weighted by molar-refractivity contribution is 5.78. The summed E-state index contributed by atoms with van der Waals surface area (Å²) >= 11 is 0. The molecule has 0 fully saturated rings. The molecule has 0 aliphatic carbocycles. The second-order valence-corrected chi connectivity index (χ2v) is 5.21. The van der Waals surface area contributed by atoms with Crippen LogP contribution in [-0.4, -0.2) is 20.3 Å². The third-order valence-electron chi connectivity index (χ3n) is 3.40. The van der Waals surface area contributed by atoms with E-state index < -0.39 is 0 Å². The molecular formula is C16H22FNO2. The quantitative estimate of drug-likeness (QED) is 0.834. The molecule has 0 spiro atoms. The number of furan rings is 1. The molecule has 0 aliphatic heterocycles. The lowest BCUT2D eigenvalue weighted by Gasteiger charge is -2.19. The van der Waals surface area contributed by atoms with Crippen LogP contribution in [0, 0.1) is 11.7 Å². The maximum absolute atomic E-state index is 13.7. The van der Waals surface area contributed by atoms with Gasteiger partial charge >= 0.3 is 0 Å². The standard InChI is InChI=1S/C16H22FNO2/c1-4-18-14(8-11(2)10-19-3)15-9-12-6-5-7-13(17)16(12)20-15/h5-7,9,11,14,18H,4,8,10H2,1-3H3. The first-order valence-corrected chi connectivity index (χ1v) is 7.06. The Morgan fingerprint density at radius 1 is 1.40 bits per heavy atom. The van der Waals surface area contributed by atoms with Crippen molar-refractivity contribution in [2.75, 3.05) is 20.3 Å². The fourth-order valence-electron chi connectivity index (χ4n) is 2.52. The molecule has 110 valence electrons. The average molecular weight is 279 g/mol. The minimum Gasteiger partial charge on any atom is -0.456 e. The number of hydrogen-bond donors (Lipinski definition) is 1. The fraction of sp³-hybridized carbons (Fsp3) is 0.500. The van der Waals surface area contributed by atoms with Crippen molar-refractivity contribution in [3.63, 3.8) is 0 Å². The van der Waals surface area contributed by atoms with Gasteiger partial charge in [-0.3, -0.25) is 0 Å². The molecular weight excluding hydrogens is 257 g/mol. The van der Waals surface area contributed by atoms with Gasteiger partial charge in [0, 0.05) is 19.1 Å². The molecule has 0 saturated carbocycles. The summed E-state index contributed by atoms with van der Waals surface area (Å²) in [5, 5.41) is 4.20. The molecule has 2 aromatic rings. The van der Waals surface area contributed by atoms with Crippen LogP contribution in [0.4, 0.5) is 4.39 Å². The highest BCUT2D eigenvalue weighted by atomic mass is 19.1. The van der Waals surface area contributed by atoms with Gasteiger partial charge in [-0.05, 0) is 31.0 Å². The summed E-state index contributed by atoms with van der Waals surface area (Å²) in [5.74, 6) is 0.881. The lowest BCUT2D eigenvalue weighted by Crippen LogP contribution is -2.23. The summed E-state index contributed by atoms with van der Waals surface area (Å²) < 4.78 is 24.6. The first kappa shape index (κ1) is 15.0. The maximum atomic E-state index is 13.7. The van der Waals surface area contributed by atoms with Crippen molar-refractivity contribution < 1.29 is 13.5 Å². The van der Waals surface area contributed by atoms with Crippen LogP contribution >= 0.6 is 0 Å². The smallest absolute Gasteiger partial charge is 0.169 e. The van der Waals surface area contributed by atoms with Gasteiger partial charge < -0.3 is 14.5 Å². The van der Waals surface area contributed by atoms with Crippen molar-refractivity contribution >= 4 is 11.0 Å². The Bertz CT molecular complexity index is 552. The Labute approximate surface area is 119 Å². The van der Waals surface area contributed by atoms with Gasteiger partial charge in [-0.15, -0.1) is 0 Å². The summed E-state index contributed by atoms with van der Waals surface area (Å²) in [4.78, 5) is 0. The van der Waals surface area contributed by atoms with Crippen LogP contribution in [0.5, 0.6) is 0 Å². The molecule has 0 saturated heterocycles. The first-order valence-electron chi connectivity index (χ1n) is 7.06. The van der Waals surface area contributed by atoms with Gasteiger partial charge in [0.15, 0.2) is 11.4 Å². The van der Waals surface area contributed by atoms with Gasteiger partial charge in [0.2, 0.25) is 0 Å². The van der Waals surface area contributed by atoms with E-state index in [9.17, 15) is 4.39 Å². The van der Waals surface area contributed by atoms with Crippen molar-refractivity contribution in [1.82, 2.24) is 5.32 Å². The Balaban J connectivity index is 2.24. The van der Waals surface area contributed by atoms with E-state index >= 15 is 0 Å². The molecule has 20 heavy (non-hydrogen) atoms. The van der Waals surface area contributed by atoms with Crippen molar-refractivity contribution in [2.24, 2.45) is 5.92 Å². The van der Waals surface area contributed by atoms with Gasteiger partial charge in [-0.2, -0.15) is 0 Å². The third-order valence-corrected chi connectivity index (χ3v) is 3.40. The van der Waals surface area contributed by atoms with Crippen LogP contribution < -0.4 is 5.32 Å². The van der Waals surface area contributed by atoms with Crippen molar-refractivity contribution in [3.05, 3.63) is 35.8 Å². The van der Waals surface area contributed by atoms with Gasteiger partial charge in [-0.25, -0.2) is 4.39 Å². The molecule has 1 aromatic heterocycles. The highest BCUT2D eigenvalue weighted by Gasteiger charge is 2.19. The molecule has 0 amide bonds. The molecule has 2 rings (SSSR count). The fourth-order valence-corrected chi connectivity index (χ4v) is 2.52. The number of methoxy groups -OCH3 is 1. The van der Waals surface area contributed by atoms with E-state index in [1.165, 1.54) is 6.07 Å². The summed E-state index contributed by atoms with van der Waals surface area (Å²) in [6.07, 6.45) is 0.892. The molecule has 0 radical (unpaired) electrons. The minimum atomic E-state index is -0.311. The summed E-state index contributed by atoms with van der Waals surface area (Å²) in [7, 11) is 1.70. The van der Waals surface area contributed by atoms with Crippen molar-refractivity contribution in [2.45, 2.75) is 26.3 Å². The number of nitrogens with one attached hydrogen (secondary N) is 1. The van der Waals surface area contributed by atoms with E-state index in [4.69, 9.17) is 9.15 Å². The normalized spacial score (nSPS) is 14.6. The van der Waals surface area contributed by atoms with Gasteiger partial charge in [0.25, 0.3) is 0 Å². The number of halogens is 1. The molecule has 1 N–H and O–H groups in total. The molecule has 0 aliphatic rings. The van der Waals surface area contributed by atoms with Crippen LogP contribution in [0.1, 0.15) is 32.1 Å². The van der Waals surface area contributed by atoms with Crippen LogP contribution in [0.2, 0.25) is 0 Å². The third kappa shape index (κ3) is 3.38. The SMILES string of the molecule is CCNC(CC(C)COC)c1cc2cccc(F)c2o1. The summed E-state index contributed by atoms with van der Waals surface area (Å²) in [5.41, 5.74) is 0.338. The zero-order chi connectivity index (χ0) is 14.5. The zero-order valence-corrected chi connectivity index (χ0v) is 12.3. The van der Waals surface area contributed by atoms with Gasteiger partial charge in [0.1, 0.15) is 5.76 Å². The Morgan fingerprint density at radius 3 is 2.85 bits per heavy atom. The lowest BCUT2D eigenvalue weighted by atomic mass is 10.0. The zero-order valence-electron chi connectivity index (χ0n) is 12.3. The Kier molecular flexibility index (Phi) is 5.15. The maximum Gasteiger partial charge on any atom is 0.169 e. The lowest BCUT2D eigenvalue weighted by molar-refractivity contribution is 0.147. The largest absolute Gasteiger partial charge is 0.456 e. The van der Waals surface area contributed by atoms with E-state index in [2.05, 4.69) is 19.2 Å². The van der Waals surface area contributed by atoms with E-state index in [0.29, 0.717) is 18.1 Å². The predicted octanol–water partition coefficient (Wildman–Crippen LogP) is 3.90. The Hall–Kier alpha value is -1.39. The highest BCUT2D eigenvalue weighted by Crippen LogP contribution is 2.29. The van der Waals surface area contributed by atoms with Gasteiger partial charge in [-0.1, -0.05) is 26.0 Å². The Morgan fingerprint density at radius 2 is 2.20 bits per heavy atom. The average Bonchev–Trinajstić information content (AvgIpc) is 2.84. The number of rotatable bonds is 7. The number of hydrogen-bond acceptors (Lipinski definition) is 3. The van der Waals surface area contributed by atoms with E-state index in [1.54, 1.807) is 13.2 Å². The van der Waals surface area contributed by atoms with Crippen LogP contribution in [0.15, 0.2) is 28.7 Å². The summed E-state index contributed by atoms with van der Waals surface area (Å²) in [6, 6.07) is 6.99. The van der Waals surface area contributed by atoms with Crippen LogP contribution in [0.3, 0.4) is 0 Å². The second kappa shape index (κ2) is 6.86. The predicted molar refractivity (Wildman–Crippen MR) is 78.2 cm³/mol. The monoisotopic (exact) mass is 279 g/mol. The number of para-hydroxylation sites is 1. The second-order valence-electron chi connectivity index (χ2n) is 5.21. The minimum absolute atomic E-state index is 0.0805. The van der Waals surface area contributed by atoms with Gasteiger partial charge in [0.05, 0.1) is 6.04 Å². The van der Waals surface area contributed by atoms with Crippen molar-refractivity contribution in [1.29, 1.82) is 0 Å². The molecule has 0 bridgehead atoms. The molecule has 4 heteroatoms. The van der Waals surface area contributed by atoms with E-state index in [0.717, 1.165) is 24.1 Å². The number of fused-ring (bicyclic) bond motifs is 1. The molecule has 1 heterocycles. The first-order chi connectivity index (χ1) is 9.65. The number of ether oxygens (including phenoxy) is 1.